The third-order valence-electron chi connectivity index (χ3n) is 4.00. The normalized spacial score (nSPS) is 27.6. The van der Waals surface area contributed by atoms with Crippen LogP contribution in [0.3, 0.4) is 0 Å². The van der Waals surface area contributed by atoms with Gasteiger partial charge >= 0.3 is 0 Å². The molecule has 3 heteroatoms. The Bertz CT molecular complexity index is 426. The molecule has 2 aliphatic heterocycles. The van der Waals surface area contributed by atoms with Crippen molar-refractivity contribution in [1.29, 1.82) is 0 Å². The molecule has 0 radical (unpaired) electrons. The van der Waals surface area contributed by atoms with Gasteiger partial charge < -0.3 is 10.2 Å². The van der Waals surface area contributed by atoms with E-state index in [1.54, 1.807) is 0 Å². The minimum absolute atomic E-state index is 0.209. The Hall–Kier alpha value is -1.35. The number of fused-ring (bicyclic) bond motifs is 1. The van der Waals surface area contributed by atoms with Crippen molar-refractivity contribution in [2.45, 2.75) is 13.3 Å². The summed E-state index contributed by atoms with van der Waals surface area (Å²) in [6, 6.07) is 8.39. The second-order valence-electron chi connectivity index (χ2n) is 4.99. The zero-order valence-corrected chi connectivity index (χ0v) is 10.1. The van der Waals surface area contributed by atoms with Crippen LogP contribution < -0.4 is 10.2 Å². The van der Waals surface area contributed by atoms with Crippen molar-refractivity contribution in [3.63, 3.8) is 0 Å². The van der Waals surface area contributed by atoms with E-state index in [9.17, 15) is 4.79 Å². The minimum Gasteiger partial charge on any atom is -0.316 e. The number of amides is 1. The van der Waals surface area contributed by atoms with Gasteiger partial charge in [-0.2, -0.15) is 0 Å². The van der Waals surface area contributed by atoms with Gasteiger partial charge in [-0.3, -0.25) is 4.79 Å². The fourth-order valence-corrected chi connectivity index (χ4v) is 2.88. The lowest BCUT2D eigenvalue weighted by Gasteiger charge is -2.18. The van der Waals surface area contributed by atoms with Gasteiger partial charge in [0.1, 0.15) is 0 Å². The zero-order valence-electron chi connectivity index (χ0n) is 10.1. The third kappa shape index (κ3) is 1.75. The second-order valence-corrected chi connectivity index (χ2v) is 4.99. The first-order valence-electron chi connectivity index (χ1n) is 6.40. The molecular formula is C14H18N2O. The molecule has 0 spiro atoms. The lowest BCUT2D eigenvalue weighted by Crippen LogP contribution is -2.30. The lowest BCUT2D eigenvalue weighted by molar-refractivity contribution is -0.120. The van der Waals surface area contributed by atoms with Crippen LogP contribution >= 0.6 is 0 Å². The molecule has 2 atom stereocenters. The van der Waals surface area contributed by atoms with Gasteiger partial charge in [-0.15, -0.1) is 0 Å². The maximum absolute atomic E-state index is 12.2. The highest BCUT2D eigenvalue weighted by atomic mass is 16.2. The summed E-state index contributed by atoms with van der Waals surface area (Å²) in [5, 5.41) is 3.30. The smallest absolute Gasteiger partial charge is 0.231 e. The molecule has 0 aliphatic carbocycles. The maximum atomic E-state index is 12.2. The van der Waals surface area contributed by atoms with Crippen LogP contribution in [0.15, 0.2) is 24.3 Å². The number of hydrogen-bond acceptors (Lipinski definition) is 2. The SMILES string of the molecule is CCc1ccc(N2C[C@H]3CNC[C@H]3C2=O)cc1. The highest BCUT2D eigenvalue weighted by Crippen LogP contribution is 2.31. The summed E-state index contributed by atoms with van der Waals surface area (Å²) in [6.45, 7) is 4.86. The Morgan fingerprint density at radius 1 is 1.29 bits per heavy atom. The van der Waals surface area contributed by atoms with Gasteiger partial charge in [0.25, 0.3) is 0 Å². The molecule has 2 saturated heterocycles. The Labute approximate surface area is 102 Å². The molecule has 3 nitrogen and oxygen atoms in total. The van der Waals surface area contributed by atoms with Crippen molar-refractivity contribution < 1.29 is 4.79 Å². The molecule has 0 bridgehead atoms. The van der Waals surface area contributed by atoms with Crippen molar-refractivity contribution in [3.8, 4) is 0 Å². The minimum atomic E-state index is 0.209. The van der Waals surface area contributed by atoms with Crippen LogP contribution in [-0.2, 0) is 11.2 Å². The Kier molecular flexibility index (Phi) is 2.63. The lowest BCUT2D eigenvalue weighted by atomic mass is 10.0. The van der Waals surface area contributed by atoms with E-state index < -0.39 is 0 Å². The van der Waals surface area contributed by atoms with E-state index in [1.807, 2.05) is 4.90 Å². The molecule has 1 N–H and O–H groups in total. The number of carbonyl (C=O) groups is 1. The van der Waals surface area contributed by atoms with Crippen molar-refractivity contribution in [3.05, 3.63) is 29.8 Å². The quantitative estimate of drug-likeness (QED) is 0.833. The number of carbonyl (C=O) groups excluding carboxylic acids is 1. The molecule has 0 unspecified atom stereocenters. The summed E-state index contributed by atoms with van der Waals surface area (Å²) in [4.78, 5) is 14.2. The Morgan fingerprint density at radius 2 is 2.06 bits per heavy atom. The van der Waals surface area contributed by atoms with Gasteiger partial charge in [0.2, 0.25) is 5.91 Å². The highest BCUT2D eigenvalue weighted by molar-refractivity contribution is 5.98. The van der Waals surface area contributed by atoms with Crippen molar-refractivity contribution in [2.75, 3.05) is 24.5 Å². The molecule has 0 aromatic heterocycles. The summed E-state index contributed by atoms with van der Waals surface area (Å²) in [6.07, 6.45) is 1.05. The third-order valence-corrected chi connectivity index (χ3v) is 4.00. The Morgan fingerprint density at radius 3 is 2.71 bits per heavy atom. The molecule has 2 fully saturated rings. The number of nitrogens with zero attached hydrogens (tertiary/aromatic N) is 1. The first-order valence-corrected chi connectivity index (χ1v) is 6.40. The summed E-state index contributed by atoms with van der Waals surface area (Å²) >= 11 is 0. The number of hydrogen-bond donors (Lipinski definition) is 1. The van der Waals surface area contributed by atoms with Crippen LogP contribution in [0.2, 0.25) is 0 Å². The molecule has 2 aliphatic rings. The van der Waals surface area contributed by atoms with E-state index in [1.165, 1.54) is 5.56 Å². The van der Waals surface area contributed by atoms with Crippen LogP contribution in [0.5, 0.6) is 0 Å². The van der Waals surface area contributed by atoms with Crippen molar-refractivity contribution in [2.24, 2.45) is 11.8 Å². The van der Waals surface area contributed by atoms with Crippen LogP contribution in [0, 0.1) is 11.8 Å². The van der Waals surface area contributed by atoms with E-state index >= 15 is 0 Å². The summed E-state index contributed by atoms with van der Waals surface area (Å²) in [7, 11) is 0. The molecule has 0 saturated carbocycles. The fraction of sp³-hybridized carbons (Fsp3) is 0.500. The van der Waals surface area contributed by atoms with Crippen LogP contribution in [0.25, 0.3) is 0 Å². The fourth-order valence-electron chi connectivity index (χ4n) is 2.88. The van der Waals surface area contributed by atoms with E-state index in [0.717, 1.165) is 31.7 Å². The molecule has 2 heterocycles. The van der Waals surface area contributed by atoms with Gasteiger partial charge in [-0.1, -0.05) is 19.1 Å². The standard InChI is InChI=1S/C14H18N2O/c1-2-10-3-5-12(6-4-10)16-9-11-7-15-8-13(11)14(16)17/h3-6,11,13,15H,2,7-9H2,1H3/t11-,13-/m1/s1. The van der Waals surface area contributed by atoms with Crippen LogP contribution in [0.1, 0.15) is 12.5 Å². The summed E-state index contributed by atoms with van der Waals surface area (Å²) in [5.74, 6) is 1.01. The predicted octanol–water partition coefficient (Wildman–Crippen LogP) is 1.43. The van der Waals surface area contributed by atoms with E-state index in [0.29, 0.717) is 11.8 Å². The molecule has 1 aromatic rings. The largest absolute Gasteiger partial charge is 0.316 e. The average molecular weight is 230 g/mol. The molecule has 3 rings (SSSR count). The van der Waals surface area contributed by atoms with E-state index in [-0.39, 0.29) is 5.92 Å². The number of aryl methyl sites for hydroxylation is 1. The van der Waals surface area contributed by atoms with E-state index in [2.05, 4.69) is 36.5 Å². The molecule has 90 valence electrons. The van der Waals surface area contributed by atoms with Crippen LogP contribution in [0.4, 0.5) is 5.69 Å². The molecule has 17 heavy (non-hydrogen) atoms. The van der Waals surface area contributed by atoms with E-state index in [4.69, 9.17) is 0 Å². The zero-order chi connectivity index (χ0) is 11.8. The summed E-state index contributed by atoms with van der Waals surface area (Å²) < 4.78 is 0. The number of benzene rings is 1. The maximum Gasteiger partial charge on any atom is 0.231 e. The van der Waals surface area contributed by atoms with Gasteiger partial charge in [-0.25, -0.2) is 0 Å². The predicted molar refractivity (Wildman–Crippen MR) is 68.0 cm³/mol. The number of nitrogens with one attached hydrogen (secondary N) is 1. The monoisotopic (exact) mass is 230 g/mol. The molecule has 1 aromatic carbocycles. The number of rotatable bonds is 2. The highest BCUT2D eigenvalue weighted by Gasteiger charge is 2.43. The second kappa shape index (κ2) is 4.15. The molecule has 1 amide bonds. The average Bonchev–Trinajstić information content (AvgIpc) is 2.93. The van der Waals surface area contributed by atoms with Gasteiger partial charge in [-0.05, 0) is 24.1 Å². The first-order chi connectivity index (χ1) is 8.29. The summed E-state index contributed by atoms with van der Waals surface area (Å²) in [5.41, 5.74) is 2.38. The van der Waals surface area contributed by atoms with Crippen molar-refractivity contribution >= 4 is 11.6 Å². The topological polar surface area (TPSA) is 32.3 Å². The Balaban J connectivity index is 1.82. The first kappa shape index (κ1) is 10.8. The van der Waals surface area contributed by atoms with Crippen molar-refractivity contribution in [1.82, 2.24) is 5.32 Å². The number of anilines is 1. The van der Waals surface area contributed by atoms with Gasteiger partial charge in [0, 0.05) is 31.2 Å². The van der Waals surface area contributed by atoms with Crippen LogP contribution in [-0.4, -0.2) is 25.5 Å². The van der Waals surface area contributed by atoms with Gasteiger partial charge in [0.05, 0.1) is 5.92 Å². The molecular weight excluding hydrogens is 212 g/mol. The van der Waals surface area contributed by atoms with Gasteiger partial charge in [0.15, 0.2) is 0 Å².